The number of carboxylic acid groups (broad SMARTS) is 1. The molecule has 6 heteroatoms. The van der Waals surface area contributed by atoms with Crippen LogP contribution < -0.4 is 0 Å². The molecule has 0 aromatic rings. The molecule has 0 aliphatic rings. The van der Waals surface area contributed by atoms with Crippen LogP contribution in [0, 0.1) is 11.8 Å². The largest absolute Gasteiger partial charge is 0.511 e. The predicted molar refractivity (Wildman–Crippen MR) is 104 cm³/mol. The monoisotopic (exact) mass is 380 g/mol. The van der Waals surface area contributed by atoms with Crippen molar-refractivity contribution in [2.45, 2.75) is 66.4 Å². The van der Waals surface area contributed by atoms with Crippen LogP contribution >= 0.6 is 0 Å². The second kappa shape index (κ2) is 10.8. The maximum absolute atomic E-state index is 12.3. The first-order chi connectivity index (χ1) is 12.2. The molecule has 0 bridgehead atoms. The van der Waals surface area contributed by atoms with E-state index in [1.165, 1.54) is 26.0 Å². The summed E-state index contributed by atoms with van der Waals surface area (Å²) < 4.78 is 0. The quantitative estimate of drug-likeness (QED) is 0.165. The second-order valence-corrected chi connectivity index (χ2v) is 7.96. The second-order valence-electron chi connectivity index (χ2n) is 7.96. The van der Waals surface area contributed by atoms with Crippen molar-refractivity contribution in [1.29, 1.82) is 0 Å². The van der Waals surface area contributed by atoms with Crippen LogP contribution in [0.4, 0.5) is 0 Å². The molecule has 6 nitrogen and oxygen atoms in total. The predicted octanol–water partition coefficient (Wildman–Crippen LogP) is 3.76. The van der Waals surface area contributed by atoms with Crippen LogP contribution in [0.1, 0.15) is 60.8 Å². The third-order valence-electron chi connectivity index (χ3n) is 3.66. The van der Waals surface area contributed by atoms with E-state index in [1.54, 1.807) is 19.9 Å². The lowest BCUT2D eigenvalue weighted by molar-refractivity contribution is -0.135. The summed E-state index contributed by atoms with van der Waals surface area (Å²) in [7, 11) is 0. The maximum Gasteiger partial charge on any atom is 0.342 e. The van der Waals surface area contributed by atoms with E-state index in [4.69, 9.17) is 0 Å². The van der Waals surface area contributed by atoms with Crippen molar-refractivity contribution in [3.8, 4) is 0 Å². The minimum atomic E-state index is -1.50. The molecule has 0 radical (unpaired) electrons. The first-order valence-electron chi connectivity index (χ1n) is 9.02. The third kappa shape index (κ3) is 10.5. The molecular formula is C21H32O6. The van der Waals surface area contributed by atoms with Gasteiger partial charge in [-0.1, -0.05) is 31.6 Å². The maximum atomic E-state index is 12.3. The van der Waals surface area contributed by atoms with Crippen LogP contribution in [0.25, 0.3) is 0 Å². The van der Waals surface area contributed by atoms with Gasteiger partial charge in [0.15, 0.2) is 11.6 Å². The SMILES string of the molecule is CC(C)=CC[C@H](CC(=O)/C=C/C(C)(C)O)C(O)=C(C(=O)O)C(=O)CC(C)C. The van der Waals surface area contributed by atoms with Crippen LogP contribution in [-0.2, 0) is 14.4 Å². The number of hydrogen-bond acceptors (Lipinski definition) is 5. The van der Waals surface area contributed by atoms with Gasteiger partial charge in [-0.2, -0.15) is 0 Å². The molecule has 0 spiro atoms. The van der Waals surface area contributed by atoms with Crippen molar-refractivity contribution in [3.63, 3.8) is 0 Å². The molecule has 0 heterocycles. The lowest BCUT2D eigenvalue weighted by Gasteiger charge is -2.17. The minimum Gasteiger partial charge on any atom is -0.511 e. The summed E-state index contributed by atoms with van der Waals surface area (Å²) in [5, 5.41) is 29.6. The lowest BCUT2D eigenvalue weighted by Crippen LogP contribution is -2.21. The fourth-order valence-corrected chi connectivity index (χ4v) is 2.33. The average Bonchev–Trinajstić information content (AvgIpc) is 2.47. The number of aliphatic carboxylic acids is 1. The number of carbonyl (C=O) groups is 3. The number of carboxylic acids is 1. The lowest BCUT2D eigenvalue weighted by atomic mass is 9.89. The minimum absolute atomic E-state index is 0.00634. The zero-order valence-electron chi connectivity index (χ0n) is 17.1. The van der Waals surface area contributed by atoms with Crippen molar-refractivity contribution < 1.29 is 29.7 Å². The third-order valence-corrected chi connectivity index (χ3v) is 3.66. The number of aliphatic hydroxyl groups is 2. The Morgan fingerprint density at radius 1 is 1.04 bits per heavy atom. The van der Waals surface area contributed by atoms with Crippen LogP contribution in [0.15, 0.2) is 35.1 Å². The van der Waals surface area contributed by atoms with Gasteiger partial charge in [-0.25, -0.2) is 4.79 Å². The number of rotatable bonds is 11. The summed E-state index contributed by atoms with van der Waals surface area (Å²) in [5.41, 5.74) is -0.879. The Balaban J connectivity index is 5.84. The Morgan fingerprint density at radius 3 is 2.00 bits per heavy atom. The van der Waals surface area contributed by atoms with E-state index in [2.05, 4.69) is 0 Å². The Labute approximate surface area is 161 Å². The Kier molecular flexibility index (Phi) is 9.94. The van der Waals surface area contributed by atoms with E-state index >= 15 is 0 Å². The summed E-state index contributed by atoms with van der Waals surface area (Å²) in [5.74, 6) is -4.00. The molecule has 0 unspecified atom stereocenters. The molecule has 0 saturated carbocycles. The fraction of sp³-hybridized carbons (Fsp3) is 0.571. The van der Waals surface area contributed by atoms with E-state index in [0.29, 0.717) is 0 Å². The van der Waals surface area contributed by atoms with Crippen LogP contribution in [0.2, 0.25) is 0 Å². The Morgan fingerprint density at radius 2 is 1.59 bits per heavy atom. The Hall–Kier alpha value is -2.21. The highest BCUT2D eigenvalue weighted by atomic mass is 16.4. The van der Waals surface area contributed by atoms with Crippen molar-refractivity contribution in [2.75, 3.05) is 0 Å². The van der Waals surface area contributed by atoms with E-state index in [-0.39, 0.29) is 31.0 Å². The van der Waals surface area contributed by atoms with Crippen molar-refractivity contribution >= 4 is 17.5 Å². The fourth-order valence-electron chi connectivity index (χ4n) is 2.33. The molecule has 0 amide bonds. The van der Waals surface area contributed by atoms with Crippen molar-refractivity contribution in [2.24, 2.45) is 11.8 Å². The van der Waals surface area contributed by atoms with E-state index < -0.39 is 34.6 Å². The number of ketones is 2. The number of hydrogen-bond donors (Lipinski definition) is 3. The number of aliphatic hydroxyl groups excluding tert-OH is 1. The zero-order chi connectivity index (χ0) is 21.4. The van der Waals surface area contributed by atoms with Crippen molar-refractivity contribution in [1.82, 2.24) is 0 Å². The van der Waals surface area contributed by atoms with Gasteiger partial charge in [-0.05, 0) is 46.1 Å². The van der Waals surface area contributed by atoms with Gasteiger partial charge in [0, 0.05) is 18.8 Å². The molecule has 1 atom stereocenters. The van der Waals surface area contributed by atoms with Gasteiger partial charge in [-0.3, -0.25) is 9.59 Å². The smallest absolute Gasteiger partial charge is 0.342 e. The van der Waals surface area contributed by atoms with E-state index in [1.807, 2.05) is 13.8 Å². The molecule has 3 N–H and O–H groups in total. The molecule has 0 aromatic carbocycles. The number of allylic oxidation sites excluding steroid dienone is 4. The van der Waals surface area contributed by atoms with Crippen LogP contribution in [-0.4, -0.2) is 38.5 Å². The van der Waals surface area contributed by atoms with Gasteiger partial charge in [0.1, 0.15) is 11.3 Å². The van der Waals surface area contributed by atoms with Gasteiger partial charge >= 0.3 is 5.97 Å². The molecular weight excluding hydrogens is 348 g/mol. The van der Waals surface area contributed by atoms with Crippen LogP contribution in [0.5, 0.6) is 0 Å². The summed E-state index contributed by atoms with van der Waals surface area (Å²) in [4.78, 5) is 36.0. The molecule has 0 rings (SSSR count). The van der Waals surface area contributed by atoms with Crippen LogP contribution in [0.3, 0.4) is 0 Å². The van der Waals surface area contributed by atoms with Gasteiger partial charge < -0.3 is 15.3 Å². The highest BCUT2D eigenvalue weighted by molar-refractivity contribution is 6.17. The standard InChI is InChI=1S/C21H32O6/c1-13(2)7-8-15(12-16(22)9-10-21(5,6)27)19(24)18(20(25)26)17(23)11-14(3)4/h7,9-10,14-15,24,27H,8,11-12H2,1-6H3,(H,25,26)/b10-9+,19-18?/t15-/m1/s1. The first-order valence-corrected chi connectivity index (χ1v) is 9.02. The molecule has 0 saturated heterocycles. The zero-order valence-corrected chi connectivity index (χ0v) is 17.1. The molecule has 152 valence electrons. The van der Waals surface area contributed by atoms with Gasteiger partial charge in [0.2, 0.25) is 0 Å². The highest BCUT2D eigenvalue weighted by Crippen LogP contribution is 2.25. The summed E-state index contributed by atoms with van der Waals surface area (Å²) in [6, 6.07) is 0. The normalized spacial score (nSPS) is 14.1. The van der Waals surface area contributed by atoms with Crippen molar-refractivity contribution in [3.05, 3.63) is 35.1 Å². The molecule has 27 heavy (non-hydrogen) atoms. The summed E-state index contributed by atoms with van der Waals surface area (Å²) in [6.07, 6.45) is 4.36. The average molecular weight is 380 g/mol. The first kappa shape index (κ1) is 24.8. The van der Waals surface area contributed by atoms with Gasteiger partial charge in [0.05, 0.1) is 5.60 Å². The summed E-state index contributed by atoms with van der Waals surface area (Å²) in [6.45, 7) is 10.3. The highest BCUT2D eigenvalue weighted by Gasteiger charge is 2.28. The summed E-state index contributed by atoms with van der Waals surface area (Å²) >= 11 is 0. The molecule has 0 aliphatic carbocycles. The van der Waals surface area contributed by atoms with Gasteiger partial charge in [0.25, 0.3) is 0 Å². The number of Topliss-reactive ketones (excluding diaryl/α,β-unsaturated/α-hetero) is 1. The topological polar surface area (TPSA) is 112 Å². The molecule has 0 aromatic heterocycles. The molecule has 0 aliphatic heterocycles. The molecule has 0 fully saturated rings. The van der Waals surface area contributed by atoms with E-state index in [9.17, 15) is 29.7 Å². The Bertz CT molecular complexity index is 640. The van der Waals surface area contributed by atoms with E-state index in [0.717, 1.165) is 5.57 Å². The van der Waals surface area contributed by atoms with Gasteiger partial charge in [-0.15, -0.1) is 0 Å². The number of carbonyl (C=O) groups excluding carboxylic acids is 2.